The zero-order valence-electron chi connectivity index (χ0n) is 14.7. The highest BCUT2D eigenvalue weighted by molar-refractivity contribution is 5.97. The zero-order valence-corrected chi connectivity index (χ0v) is 14.7. The van der Waals surface area contributed by atoms with Crippen molar-refractivity contribution in [3.8, 4) is 0 Å². The maximum Gasteiger partial charge on any atom is 0.257 e. The molecule has 0 radical (unpaired) electrons. The van der Waals surface area contributed by atoms with Crippen molar-refractivity contribution in [2.24, 2.45) is 0 Å². The first-order valence-corrected chi connectivity index (χ1v) is 8.57. The molecule has 4 heterocycles. The summed E-state index contributed by atoms with van der Waals surface area (Å²) >= 11 is 0. The van der Waals surface area contributed by atoms with Crippen LogP contribution >= 0.6 is 0 Å². The van der Waals surface area contributed by atoms with Crippen molar-refractivity contribution in [1.29, 1.82) is 0 Å². The number of carbonyl (C=O) groups excluding carboxylic acids is 1. The van der Waals surface area contributed by atoms with Gasteiger partial charge in [-0.05, 0) is 45.7 Å². The summed E-state index contributed by atoms with van der Waals surface area (Å²) in [5.74, 6) is 0.00114. The lowest BCUT2D eigenvalue weighted by molar-refractivity contribution is 0.0671. The van der Waals surface area contributed by atoms with Gasteiger partial charge < -0.3 is 9.42 Å². The lowest BCUT2D eigenvalue weighted by Gasteiger charge is -2.33. The predicted molar refractivity (Wildman–Crippen MR) is 92.4 cm³/mol. The van der Waals surface area contributed by atoms with Crippen LogP contribution in [-0.2, 0) is 0 Å². The van der Waals surface area contributed by atoms with Crippen LogP contribution in [0.2, 0.25) is 0 Å². The molecule has 0 aromatic carbocycles. The highest BCUT2D eigenvalue weighted by atomic mass is 16.5. The van der Waals surface area contributed by atoms with Gasteiger partial charge >= 0.3 is 0 Å². The van der Waals surface area contributed by atoms with Crippen LogP contribution < -0.4 is 0 Å². The van der Waals surface area contributed by atoms with E-state index < -0.39 is 0 Å². The fraction of sp³-hybridized carbons (Fsp3) is 0.444. The van der Waals surface area contributed by atoms with Gasteiger partial charge in [-0.2, -0.15) is 5.10 Å². The average molecular weight is 339 g/mol. The molecule has 1 saturated heterocycles. The second-order valence-corrected chi connectivity index (χ2v) is 6.76. The number of nitrogens with zero attached hydrogens (tertiary/aromatic N) is 5. The van der Waals surface area contributed by atoms with Gasteiger partial charge in [-0.3, -0.25) is 9.48 Å². The van der Waals surface area contributed by atoms with Crippen LogP contribution in [-0.4, -0.2) is 43.8 Å². The Kier molecular flexibility index (Phi) is 3.78. The van der Waals surface area contributed by atoms with Gasteiger partial charge in [-0.25, -0.2) is 4.98 Å². The minimum absolute atomic E-state index is 0.00114. The van der Waals surface area contributed by atoms with E-state index in [2.05, 4.69) is 32.9 Å². The monoisotopic (exact) mass is 339 g/mol. The molecule has 1 amide bonds. The molecule has 0 spiro atoms. The lowest BCUT2D eigenvalue weighted by atomic mass is 10.0. The Morgan fingerprint density at radius 3 is 2.88 bits per heavy atom. The number of pyridine rings is 1. The first-order valence-electron chi connectivity index (χ1n) is 8.57. The molecule has 1 aliphatic rings. The van der Waals surface area contributed by atoms with Crippen molar-refractivity contribution in [2.45, 2.75) is 39.7 Å². The van der Waals surface area contributed by atoms with Crippen LogP contribution in [0.1, 0.15) is 46.3 Å². The third-order valence-corrected chi connectivity index (χ3v) is 4.83. The maximum absolute atomic E-state index is 12.9. The number of hydrogen-bond donors (Lipinski definition) is 0. The van der Waals surface area contributed by atoms with Crippen LogP contribution in [0.25, 0.3) is 11.1 Å². The molecule has 130 valence electrons. The van der Waals surface area contributed by atoms with Gasteiger partial charge in [0.2, 0.25) is 0 Å². The van der Waals surface area contributed by atoms with Crippen molar-refractivity contribution in [3.05, 3.63) is 41.0 Å². The topological polar surface area (TPSA) is 77.0 Å². The van der Waals surface area contributed by atoms with Crippen molar-refractivity contribution in [1.82, 2.24) is 24.8 Å². The highest BCUT2D eigenvalue weighted by Crippen LogP contribution is 2.25. The number of carbonyl (C=O) groups is 1. The molecule has 0 saturated carbocycles. The van der Waals surface area contributed by atoms with Gasteiger partial charge in [-0.1, -0.05) is 5.16 Å². The normalized spacial score (nSPS) is 18.0. The Bertz CT molecular complexity index is 942. The van der Waals surface area contributed by atoms with Crippen LogP contribution in [0.15, 0.2) is 22.9 Å². The Balaban J connectivity index is 1.58. The highest BCUT2D eigenvalue weighted by Gasteiger charge is 2.27. The lowest BCUT2D eigenvalue weighted by Crippen LogP contribution is -2.41. The molecule has 3 aromatic rings. The number of likely N-dealkylation sites (tertiary alicyclic amines) is 1. The van der Waals surface area contributed by atoms with Crippen LogP contribution in [0, 0.1) is 20.8 Å². The van der Waals surface area contributed by atoms with Gasteiger partial charge in [0.25, 0.3) is 11.6 Å². The Labute approximate surface area is 145 Å². The average Bonchev–Trinajstić information content (AvgIpc) is 3.16. The van der Waals surface area contributed by atoms with Crippen molar-refractivity contribution in [3.63, 3.8) is 0 Å². The van der Waals surface area contributed by atoms with Crippen LogP contribution in [0.4, 0.5) is 0 Å². The van der Waals surface area contributed by atoms with Crippen molar-refractivity contribution < 1.29 is 9.32 Å². The minimum Gasteiger partial charge on any atom is -0.336 e. The van der Waals surface area contributed by atoms with E-state index in [0.717, 1.165) is 41.9 Å². The van der Waals surface area contributed by atoms with E-state index in [-0.39, 0.29) is 11.9 Å². The van der Waals surface area contributed by atoms with Gasteiger partial charge in [0, 0.05) is 25.0 Å². The number of hydrogen-bond acceptors (Lipinski definition) is 5. The standard InChI is InChI=1S/C18H21N5O2/c1-11-7-12(2)23(20-11)15-5-4-6-22(10-15)18(24)14-8-16-13(3)21-25-17(16)19-9-14/h7-9,15H,4-6,10H2,1-3H3. The van der Waals surface area contributed by atoms with E-state index in [1.807, 2.05) is 24.8 Å². The molecule has 1 fully saturated rings. The molecule has 0 N–H and O–H groups in total. The molecule has 0 bridgehead atoms. The molecular weight excluding hydrogens is 318 g/mol. The molecule has 7 heteroatoms. The summed E-state index contributed by atoms with van der Waals surface area (Å²) in [5, 5.41) is 9.28. The van der Waals surface area contributed by atoms with E-state index in [4.69, 9.17) is 4.52 Å². The number of rotatable bonds is 2. The SMILES string of the molecule is Cc1cc(C)n(C2CCCN(C(=O)c3cnc4onc(C)c4c3)C2)n1. The van der Waals surface area contributed by atoms with Crippen LogP contribution in [0.3, 0.4) is 0 Å². The second-order valence-electron chi connectivity index (χ2n) is 6.76. The van der Waals surface area contributed by atoms with E-state index in [9.17, 15) is 4.79 Å². The number of piperidine rings is 1. The van der Waals surface area contributed by atoms with E-state index in [1.54, 1.807) is 6.20 Å². The fourth-order valence-corrected chi connectivity index (χ4v) is 3.60. The summed E-state index contributed by atoms with van der Waals surface area (Å²) in [7, 11) is 0. The van der Waals surface area contributed by atoms with Crippen molar-refractivity contribution >= 4 is 17.0 Å². The fourth-order valence-electron chi connectivity index (χ4n) is 3.60. The summed E-state index contributed by atoms with van der Waals surface area (Å²) in [4.78, 5) is 19.1. The summed E-state index contributed by atoms with van der Waals surface area (Å²) in [6, 6.07) is 4.12. The van der Waals surface area contributed by atoms with E-state index in [1.165, 1.54) is 0 Å². The Hall–Kier alpha value is -2.70. The molecule has 25 heavy (non-hydrogen) atoms. The second kappa shape index (κ2) is 5.98. The predicted octanol–water partition coefficient (Wildman–Crippen LogP) is 2.82. The number of aromatic nitrogens is 4. The third kappa shape index (κ3) is 2.79. The van der Waals surface area contributed by atoms with Gasteiger partial charge in [0.05, 0.1) is 28.4 Å². The van der Waals surface area contributed by atoms with E-state index >= 15 is 0 Å². The molecule has 1 unspecified atom stereocenters. The largest absolute Gasteiger partial charge is 0.336 e. The smallest absolute Gasteiger partial charge is 0.257 e. The summed E-state index contributed by atoms with van der Waals surface area (Å²) in [6.07, 6.45) is 3.58. The molecule has 1 aliphatic heterocycles. The molecule has 7 nitrogen and oxygen atoms in total. The molecule has 1 atom stereocenters. The number of amides is 1. The molecular formula is C18H21N5O2. The van der Waals surface area contributed by atoms with Gasteiger partial charge in [-0.15, -0.1) is 0 Å². The molecule has 4 rings (SSSR count). The van der Waals surface area contributed by atoms with Gasteiger partial charge in [0.15, 0.2) is 0 Å². The number of aryl methyl sites for hydroxylation is 3. The Morgan fingerprint density at radius 1 is 1.28 bits per heavy atom. The van der Waals surface area contributed by atoms with E-state index in [0.29, 0.717) is 17.8 Å². The first-order chi connectivity index (χ1) is 12.0. The molecule has 0 aliphatic carbocycles. The van der Waals surface area contributed by atoms with Crippen molar-refractivity contribution in [2.75, 3.05) is 13.1 Å². The maximum atomic E-state index is 12.9. The third-order valence-electron chi connectivity index (χ3n) is 4.83. The van der Waals surface area contributed by atoms with Crippen LogP contribution in [0.5, 0.6) is 0 Å². The summed E-state index contributed by atoms with van der Waals surface area (Å²) < 4.78 is 7.18. The Morgan fingerprint density at radius 2 is 2.12 bits per heavy atom. The number of fused-ring (bicyclic) bond motifs is 1. The summed E-state index contributed by atoms with van der Waals surface area (Å²) in [5.41, 5.74) is 3.94. The first kappa shape index (κ1) is 15.8. The zero-order chi connectivity index (χ0) is 17.6. The summed E-state index contributed by atoms with van der Waals surface area (Å²) in [6.45, 7) is 7.34. The van der Waals surface area contributed by atoms with Gasteiger partial charge in [0.1, 0.15) is 0 Å². The minimum atomic E-state index is 0.00114. The molecule has 3 aromatic heterocycles. The quantitative estimate of drug-likeness (QED) is 0.717.